The molecule has 1 aliphatic carbocycles. The minimum absolute atomic E-state index is 0.0286. The molecule has 2 rings (SSSR count). The van der Waals surface area contributed by atoms with Crippen molar-refractivity contribution in [3.05, 3.63) is 23.3 Å². The van der Waals surface area contributed by atoms with Crippen LogP contribution in [0.5, 0.6) is 11.5 Å². The Kier molecular flexibility index (Phi) is 5.14. The molecule has 0 spiro atoms. The lowest BCUT2D eigenvalue weighted by molar-refractivity contribution is 0.0770. The molecule has 1 atom stereocenters. The highest BCUT2D eigenvalue weighted by atomic mass is 31.2. The summed E-state index contributed by atoms with van der Waals surface area (Å²) in [6.45, 7) is 3.07. The number of carbonyl (C=O) groups excluding carboxylic acids is 1. The van der Waals surface area contributed by atoms with Crippen molar-refractivity contribution < 1.29 is 32.3 Å². The lowest BCUT2D eigenvalue weighted by Gasteiger charge is -2.27. The molecule has 0 saturated carbocycles. The zero-order valence-electron chi connectivity index (χ0n) is 13.6. The first-order chi connectivity index (χ1) is 10.9. The molecule has 6 nitrogen and oxygen atoms in total. The summed E-state index contributed by atoms with van der Waals surface area (Å²) in [6, 6.07) is 2.90. The summed E-state index contributed by atoms with van der Waals surface area (Å²) in [4.78, 5) is 12.6. The SMILES string of the molecule is CCOP(=O)(OCC)C1(F)Cc2cc(OC)c(OC)cc2C1=O. The molecule has 0 fully saturated rings. The van der Waals surface area contributed by atoms with Gasteiger partial charge in [0.15, 0.2) is 11.5 Å². The Morgan fingerprint density at radius 2 is 1.65 bits per heavy atom. The molecule has 1 aliphatic rings. The van der Waals surface area contributed by atoms with Gasteiger partial charge in [0, 0.05) is 12.0 Å². The van der Waals surface area contributed by atoms with Crippen LogP contribution in [0.3, 0.4) is 0 Å². The topological polar surface area (TPSA) is 71.1 Å². The maximum Gasteiger partial charge on any atom is 0.376 e. The second kappa shape index (κ2) is 6.59. The summed E-state index contributed by atoms with van der Waals surface area (Å²) >= 11 is 0. The van der Waals surface area contributed by atoms with E-state index < -0.39 is 25.2 Å². The van der Waals surface area contributed by atoms with Crippen LogP contribution in [0.2, 0.25) is 0 Å². The first-order valence-electron chi connectivity index (χ1n) is 7.24. The second-order valence-corrected chi connectivity index (χ2v) is 7.18. The third kappa shape index (κ3) is 2.77. The van der Waals surface area contributed by atoms with E-state index in [1.165, 1.54) is 26.4 Å². The monoisotopic (exact) mass is 346 g/mol. The number of hydrogen-bond donors (Lipinski definition) is 0. The number of hydrogen-bond acceptors (Lipinski definition) is 6. The van der Waals surface area contributed by atoms with Gasteiger partial charge < -0.3 is 18.5 Å². The Balaban J connectivity index is 2.52. The largest absolute Gasteiger partial charge is 0.493 e. The number of carbonyl (C=O) groups is 1. The van der Waals surface area contributed by atoms with Crippen molar-refractivity contribution in [2.24, 2.45) is 0 Å². The van der Waals surface area contributed by atoms with Gasteiger partial charge in [-0.25, -0.2) is 4.39 Å². The van der Waals surface area contributed by atoms with E-state index in [0.29, 0.717) is 17.1 Å². The van der Waals surface area contributed by atoms with Gasteiger partial charge in [0.2, 0.25) is 5.78 Å². The van der Waals surface area contributed by atoms with Gasteiger partial charge in [-0.2, -0.15) is 0 Å². The van der Waals surface area contributed by atoms with Gasteiger partial charge in [-0.15, -0.1) is 0 Å². The second-order valence-electron chi connectivity index (χ2n) is 4.96. The smallest absolute Gasteiger partial charge is 0.376 e. The number of methoxy groups -OCH3 is 2. The standard InChI is InChI=1S/C15H20FO6P/c1-5-21-23(18,22-6-2)15(16)9-10-7-12(19-3)13(20-4)8-11(10)14(15)17/h7-8H,5-6,9H2,1-4H3. The van der Waals surface area contributed by atoms with Gasteiger partial charge in [-0.1, -0.05) is 0 Å². The number of ether oxygens (including phenoxy) is 2. The highest BCUT2D eigenvalue weighted by Gasteiger charge is 2.62. The van der Waals surface area contributed by atoms with Crippen LogP contribution in [0, 0.1) is 0 Å². The zero-order chi connectivity index (χ0) is 17.3. The average Bonchev–Trinajstić information content (AvgIpc) is 2.78. The first kappa shape index (κ1) is 17.9. The van der Waals surface area contributed by atoms with E-state index in [0.717, 1.165) is 0 Å². The number of halogens is 1. The van der Waals surface area contributed by atoms with Crippen LogP contribution in [-0.2, 0) is 20.0 Å². The minimum atomic E-state index is -4.26. The number of benzene rings is 1. The summed E-state index contributed by atoms with van der Waals surface area (Å²) in [5, 5.41) is -2.74. The highest BCUT2D eigenvalue weighted by molar-refractivity contribution is 7.56. The first-order valence-corrected chi connectivity index (χ1v) is 8.79. The lowest BCUT2D eigenvalue weighted by Crippen LogP contribution is -2.32. The molecule has 0 heterocycles. The van der Waals surface area contributed by atoms with Gasteiger partial charge in [-0.3, -0.25) is 9.36 Å². The third-order valence-corrected chi connectivity index (χ3v) is 6.08. The summed E-state index contributed by atoms with van der Waals surface area (Å²) in [5.41, 5.74) is 0.486. The molecule has 0 radical (unpaired) electrons. The molecular weight excluding hydrogens is 326 g/mol. The van der Waals surface area contributed by atoms with Crippen molar-refractivity contribution in [2.45, 2.75) is 25.7 Å². The number of fused-ring (bicyclic) bond motifs is 1. The molecule has 1 aromatic carbocycles. The van der Waals surface area contributed by atoms with E-state index in [2.05, 4.69) is 0 Å². The van der Waals surface area contributed by atoms with E-state index >= 15 is 4.39 Å². The fourth-order valence-electron chi connectivity index (χ4n) is 2.62. The number of rotatable bonds is 7. The van der Waals surface area contributed by atoms with Gasteiger partial charge in [0.25, 0.3) is 5.41 Å². The molecule has 128 valence electrons. The summed E-state index contributed by atoms with van der Waals surface area (Å²) in [6.07, 6.45) is -0.390. The zero-order valence-corrected chi connectivity index (χ0v) is 14.4. The van der Waals surface area contributed by atoms with Crippen molar-refractivity contribution >= 4 is 13.4 Å². The van der Waals surface area contributed by atoms with Crippen molar-refractivity contribution in [1.82, 2.24) is 0 Å². The predicted octanol–water partition coefficient (Wildman–Crippen LogP) is 3.37. The maximum absolute atomic E-state index is 15.4. The Morgan fingerprint density at radius 3 is 2.13 bits per heavy atom. The molecule has 0 amide bonds. The fourth-order valence-corrected chi connectivity index (χ4v) is 4.52. The molecule has 0 aliphatic heterocycles. The molecule has 1 unspecified atom stereocenters. The molecule has 0 aromatic heterocycles. The van der Waals surface area contributed by atoms with Crippen LogP contribution in [0.4, 0.5) is 4.39 Å². The maximum atomic E-state index is 15.4. The Hall–Kier alpha value is -1.43. The van der Waals surface area contributed by atoms with Crippen LogP contribution in [0.1, 0.15) is 29.8 Å². The molecule has 0 N–H and O–H groups in total. The quantitative estimate of drug-likeness (QED) is 0.705. The van der Waals surface area contributed by atoms with Crippen LogP contribution >= 0.6 is 7.60 Å². The minimum Gasteiger partial charge on any atom is -0.493 e. The molecular formula is C15H20FO6P. The molecule has 0 saturated heterocycles. The third-order valence-electron chi connectivity index (χ3n) is 3.66. The van der Waals surface area contributed by atoms with Crippen LogP contribution in [0.25, 0.3) is 0 Å². The van der Waals surface area contributed by atoms with E-state index in [4.69, 9.17) is 18.5 Å². The van der Waals surface area contributed by atoms with Crippen molar-refractivity contribution in [3.63, 3.8) is 0 Å². The van der Waals surface area contributed by atoms with Gasteiger partial charge >= 0.3 is 7.60 Å². The van der Waals surface area contributed by atoms with Crippen LogP contribution < -0.4 is 9.47 Å². The molecule has 0 bridgehead atoms. The number of Topliss-reactive ketones (excluding diaryl/α,β-unsaturated/α-hetero) is 1. The molecule has 8 heteroatoms. The normalized spacial score (nSPS) is 20.5. The summed E-state index contributed by atoms with van der Waals surface area (Å²) < 4.78 is 48.6. The van der Waals surface area contributed by atoms with Crippen LogP contribution in [0.15, 0.2) is 12.1 Å². The van der Waals surface area contributed by atoms with E-state index in [1.807, 2.05) is 0 Å². The Labute approximate surface area is 134 Å². The van der Waals surface area contributed by atoms with Gasteiger partial charge in [-0.05, 0) is 31.5 Å². The predicted molar refractivity (Wildman–Crippen MR) is 82.3 cm³/mol. The summed E-state index contributed by atoms with van der Waals surface area (Å²) in [7, 11) is -1.41. The number of alkyl halides is 1. The molecule has 23 heavy (non-hydrogen) atoms. The van der Waals surface area contributed by atoms with E-state index in [9.17, 15) is 9.36 Å². The Morgan fingerprint density at radius 1 is 1.13 bits per heavy atom. The Bertz CT molecular complexity index is 652. The molecule has 1 aromatic rings. The summed E-state index contributed by atoms with van der Waals surface area (Å²) in [5.74, 6) is -0.254. The van der Waals surface area contributed by atoms with Crippen molar-refractivity contribution in [3.8, 4) is 11.5 Å². The fraction of sp³-hybridized carbons (Fsp3) is 0.533. The van der Waals surface area contributed by atoms with Crippen LogP contribution in [-0.4, -0.2) is 38.6 Å². The van der Waals surface area contributed by atoms with Gasteiger partial charge in [0.1, 0.15) is 0 Å². The van der Waals surface area contributed by atoms with E-state index in [1.54, 1.807) is 13.8 Å². The van der Waals surface area contributed by atoms with Gasteiger partial charge in [0.05, 0.1) is 27.4 Å². The highest BCUT2D eigenvalue weighted by Crippen LogP contribution is 2.65. The average molecular weight is 346 g/mol. The van der Waals surface area contributed by atoms with Crippen molar-refractivity contribution in [2.75, 3.05) is 27.4 Å². The lowest BCUT2D eigenvalue weighted by atomic mass is 10.1. The van der Waals surface area contributed by atoms with Crippen molar-refractivity contribution in [1.29, 1.82) is 0 Å². The van der Waals surface area contributed by atoms with E-state index in [-0.39, 0.29) is 18.8 Å². The number of ketones is 1.